The van der Waals surface area contributed by atoms with Crippen LogP contribution in [0.4, 0.5) is 4.79 Å². The second kappa shape index (κ2) is 6.09. The minimum Gasteiger partial charge on any atom is -0.317 e. The van der Waals surface area contributed by atoms with Gasteiger partial charge in [-0.15, -0.1) is 12.4 Å². The number of urea groups is 1. The van der Waals surface area contributed by atoms with Crippen molar-refractivity contribution in [2.24, 2.45) is 5.92 Å². The second-order valence-corrected chi connectivity index (χ2v) is 5.62. The Morgan fingerprint density at radius 3 is 2.32 bits per heavy atom. The third-order valence-corrected chi connectivity index (χ3v) is 3.92. The molecular weight excluding hydrogens is 266 g/mol. The quantitative estimate of drug-likeness (QED) is 0.801. The molecule has 0 aromatic heterocycles. The molecule has 0 bridgehead atoms. The third-order valence-electron chi connectivity index (χ3n) is 3.92. The van der Waals surface area contributed by atoms with Crippen molar-refractivity contribution in [3.05, 3.63) is 0 Å². The Balaban J connectivity index is 0.00000180. The van der Waals surface area contributed by atoms with E-state index in [1.165, 1.54) is 4.90 Å². The fourth-order valence-corrected chi connectivity index (χ4v) is 3.00. The number of imide groups is 1. The Morgan fingerprint density at radius 1 is 1.26 bits per heavy atom. The van der Waals surface area contributed by atoms with Crippen LogP contribution in [0.2, 0.25) is 0 Å². The molecule has 5 nitrogen and oxygen atoms in total. The van der Waals surface area contributed by atoms with E-state index in [-0.39, 0.29) is 24.3 Å². The Morgan fingerprint density at radius 2 is 1.84 bits per heavy atom. The van der Waals surface area contributed by atoms with E-state index in [1.54, 1.807) is 0 Å². The summed E-state index contributed by atoms with van der Waals surface area (Å²) in [7, 11) is 0. The van der Waals surface area contributed by atoms with Gasteiger partial charge in [0, 0.05) is 13.1 Å². The molecule has 2 saturated heterocycles. The van der Waals surface area contributed by atoms with E-state index in [4.69, 9.17) is 0 Å². The molecule has 0 aliphatic carbocycles. The van der Waals surface area contributed by atoms with E-state index in [1.807, 2.05) is 11.8 Å². The van der Waals surface area contributed by atoms with Crippen molar-refractivity contribution < 1.29 is 9.59 Å². The second-order valence-electron chi connectivity index (χ2n) is 5.62. The Bertz CT molecular complexity index is 354. The van der Waals surface area contributed by atoms with Gasteiger partial charge < -0.3 is 10.2 Å². The normalized spacial score (nSPS) is 22.3. The predicted octanol–water partition coefficient (Wildman–Crippen LogP) is 1.47. The fraction of sp³-hybridized carbons (Fsp3) is 0.846. The molecule has 0 radical (unpaired) electrons. The first kappa shape index (κ1) is 16.2. The average Bonchev–Trinajstić information content (AvgIpc) is 2.53. The highest BCUT2D eigenvalue weighted by Crippen LogP contribution is 2.35. The van der Waals surface area contributed by atoms with Crippen LogP contribution in [-0.4, -0.2) is 53.5 Å². The lowest BCUT2D eigenvalue weighted by molar-refractivity contribution is -0.134. The molecule has 1 spiro atoms. The maximum atomic E-state index is 12.6. The molecule has 3 amide bonds. The van der Waals surface area contributed by atoms with E-state index >= 15 is 0 Å². The molecular formula is C13H24ClN3O2. The van der Waals surface area contributed by atoms with Gasteiger partial charge >= 0.3 is 6.03 Å². The molecule has 0 saturated carbocycles. The lowest BCUT2D eigenvalue weighted by Crippen LogP contribution is -2.56. The number of rotatable bonds is 3. The average molecular weight is 290 g/mol. The van der Waals surface area contributed by atoms with Crippen LogP contribution in [0, 0.1) is 5.92 Å². The maximum Gasteiger partial charge on any atom is 0.327 e. The van der Waals surface area contributed by atoms with Crippen molar-refractivity contribution in [3.8, 4) is 0 Å². The largest absolute Gasteiger partial charge is 0.327 e. The van der Waals surface area contributed by atoms with E-state index < -0.39 is 5.54 Å². The summed E-state index contributed by atoms with van der Waals surface area (Å²) in [6.45, 7) is 8.80. The standard InChI is InChI=1S/C13H23N3O2.ClH/c1-4-15-11(17)13(5-7-14-8-6-13)16(12(15)18)9-10(2)3;/h10,14H,4-9H2,1-3H3;1H. The van der Waals surface area contributed by atoms with Gasteiger partial charge in [0.05, 0.1) is 0 Å². The summed E-state index contributed by atoms with van der Waals surface area (Å²) < 4.78 is 0. The van der Waals surface area contributed by atoms with Crippen LogP contribution in [0.1, 0.15) is 33.6 Å². The van der Waals surface area contributed by atoms with Gasteiger partial charge in [-0.1, -0.05) is 13.8 Å². The highest BCUT2D eigenvalue weighted by Gasteiger charge is 2.56. The molecule has 2 aliphatic heterocycles. The first-order valence-electron chi connectivity index (χ1n) is 6.87. The number of carbonyl (C=O) groups is 2. The minimum atomic E-state index is -0.567. The topological polar surface area (TPSA) is 52.7 Å². The first-order chi connectivity index (χ1) is 8.53. The van der Waals surface area contributed by atoms with Gasteiger partial charge in [-0.3, -0.25) is 9.69 Å². The van der Waals surface area contributed by atoms with Crippen molar-refractivity contribution in [1.29, 1.82) is 0 Å². The highest BCUT2D eigenvalue weighted by atomic mass is 35.5. The number of halogens is 1. The predicted molar refractivity (Wildman–Crippen MR) is 76.4 cm³/mol. The zero-order chi connectivity index (χ0) is 13.3. The van der Waals surface area contributed by atoms with Crippen molar-refractivity contribution >= 4 is 24.3 Å². The number of hydrogen-bond donors (Lipinski definition) is 1. The molecule has 2 aliphatic rings. The van der Waals surface area contributed by atoms with Gasteiger partial charge in [0.2, 0.25) is 0 Å². The van der Waals surface area contributed by atoms with Crippen LogP contribution in [0.5, 0.6) is 0 Å². The Labute approximate surface area is 121 Å². The summed E-state index contributed by atoms with van der Waals surface area (Å²) >= 11 is 0. The zero-order valence-corrected chi connectivity index (χ0v) is 12.8. The molecule has 6 heteroatoms. The zero-order valence-electron chi connectivity index (χ0n) is 11.9. The number of hydrogen-bond acceptors (Lipinski definition) is 3. The van der Waals surface area contributed by atoms with Gasteiger partial charge in [0.1, 0.15) is 5.54 Å². The monoisotopic (exact) mass is 289 g/mol. The van der Waals surface area contributed by atoms with Crippen molar-refractivity contribution in [2.75, 3.05) is 26.2 Å². The van der Waals surface area contributed by atoms with E-state index in [9.17, 15) is 9.59 Å². The Kier molecular flexibility index (Phi) is 5.21. The van der Waals surface area contributed by atoms with E-state index in [2.05, 4.69) is 19.2 Å². The Hall–Kier alpha value is -0.810. The molecule has 19 heavy (non-hydrogen) atoms. The van der Waals surface area contributed by atoms with Crippen LogP contribution in [0.3, 0.4) is 0 Å². The SMILES string of the molecule is CCN1C(=O)N(CC(C)C)C2(CCNCC2)C1=O.Cl. The third kappa shape index (κ3) is 2.58. The molecule has 0 aromatic carbocycles. The van der Waals surface area contributed by atoms with Crippen LogP contribution < -0.4 is 5.32 Å². The molecule has 110 valence electrons. The van der Waals surface area contributed by atoms with Gasteiger partial charge in [0.15, 0.2) is 0 Å². The van der Waals surface area contributed by atoms with Crippen molar-refractivity contribution in [3.63, 3.8) is 0 Å². The summed E-state index contributed by atoms with van der Waals surface area (Å²) in [5, 5.41) is 3.27. The van der Waals surface area contributed by atoms with Crippen LogP contribution in [0.25, 0.3) is 0 Å². The first-order valence-corrected chi connectivity index (χ1v) is 6.87. The fourth-order valence-electron chi connectivity index (χ4n) is 3.00. The van der Waals surface area contributed by atoms with Gasteiger partial charge in [0.25, 0.3) is 5.91 Å². The summed E-state index contributed by atoms with van der Waals surface area (Å²) in [5.41, 5.74) is -0.567. The number of amides is 3. The molecule has 1 N–H and O–H groups in total. The molecule has 2 rings (SSSR count). The molecule has 2 fully saturated rings. The maximum absolute atomic E-state index is 12.6. The number of likely N-dealkylation sites (N-methyl/N-ethyl adjacent to an activating group) is 1. The highest BCUT2D eigenvalue weighted by molar-refractivity contribution is 6.07. The smallest absolute Gasteiger partial charge is 0.317 e. The summed E-state index contributed by atoms with van der Waals surface area (Å²) in [5.74, 6) is 0.391. The minimum absolute atomic E-state index is 0. The van der Waals surface area contributed by atoms with E-state index in [0.717, 1.165) is 25.9 Å². The summed E-state index contributed by atoms with van der Waals surface area (Å²) in [6.07, 6.45) is 1.47. The molecule has 0 aromatic rings. The lowest BCUT2D eigenvalue weighted by Gasteiger charge is -2.39. The number of piperidine rings is 1. The van der Waals surface area contributed by atoms with Crippen LogP contribution in [-0.2, 0) is 4.79 Å². The van der Waals surface area contributed by atoms with Crippen LogP contribution >= 0.6 is 12.4 Å². The van der Waals surface area contributed by atoms with E-state index in [0.29, 0.717) is 19.0 Å². The molecule has 2 heterocycles. The van der Waals surface area contributed by atoms with Crippen molar-refractivity contribution in [2.45, 2.75) is 39.2 Å². The summed E-state index contributed by atoms with van der Waals surface area (Å²) in [6, 6.07) is -0.0990. The van der Waals surface area contributed by atoms with Crippen molar-refractivity contribution in [1.82, 2.24) is 15.1 Å². The van der Waals surface area contributed by atoms with Crippen LogP contribution in [0.15, 0.2) is 0 Å². The van der Waals surface area contributed by atoms with Gasteiger partial charge in [-0.05, 0) is 38.8 Å². The molecule has 0 unspecified atom stereocenters. The number of nitrogens with one attached hydrogen (secondary N) is 1. The lowest BCUT2D eigenvalue weighted by atomic mass is 9.86. The van der Waals surface area contributed by atoms with Gasteiger partial charge in [-0.25, -0.2) is 4.79 Å². The number of carbonyl (C=O) groups excluding carboxylic acids is 2. The molecule has 0 atom stereocenters. The number of nitrogens with zero attached hydrogens (tertiary/aromatic N) is 2. The van der Waals surface area contributed by atoms with Gasteiger partial charge in [-0.2, -0.15) is 0 Å². The summed E-state index contributed by atoms with van der Waals surface area (Å²) in [4.78, 5) is 28.2.